The monoisotopic (exact) mass is 512 g/mol. The van der Waals surface area contributed by atoms with Crippen LogP contribution in [0.15, 0.2) is 11.6 Å². The molecule has 2 N–H and O–H groups in total. The average Bonchev–Trinajstić information content (AvgIpc) is 3.24. The molecular formula is C32H52N2O3. The van der Waals surface area contributed by atoms with Crippen molar-refractivity contribution < 1.29 is 14.7 Å². The van der Waals surface area contributed by atoms with Crippen LogP contribution >= 0.6 is 0 Å². The first kappa shape index (κ1) is 27.2. The molecule has 8 atom stereocenters. The van der Waals surface area contributed by atoms with E-state index in [0.717, 1.165) is 62.2 Å². The van der Waals surface area contributed by atoms with Gasteiger partial charge >= 0.3 is 0 Å². The molecule has 1 heterocycles. The van der Waals surface area contributed by atoms with Gasteiger partial charge in [-0.15, -0.1) is 0 Å². The number of aliphatic hydroxyl groups excluding tert-OH is 1. The van der Waals surface area contributed by atoms with E-state index in [0.29, 0.717) is 36.3 Å². The standard InChI is InChI=1S/C32H52N2O3/c1-21(6-11-28(36)34-18-16-30(2,17-19-34)29(37)33-5)25-9-10-26-24-8-7-22-20-23(35)12-14-31(22,3)27(24)13-15-32(25,26)4/h7,21,23-27,35H,6,8-20H2,1-5H3,(H,33,37)/t21-,23+,24+,25-,26+,27+,31+,32-/m1/s1. The second-order valence-corrected chi connectivity index (χ2v) is 14.4. The Balaban J connectivity index is 1.18. The fraction of sp³-hybridized carbons (Fsp3) is 0.875. The molecule has 0 radical (unpaired) electrons. The molecule has 0 unspecified atom stereocenters. The molecule has 0 bridgehead atoms. The molecule has 0 spiro atoms. The van der Waals surface area contributed by atoms with E-state index < -0.39 is 0 Å². The fourth-order valence-corrected chi connectivity index (χ4v) is 10.1. The van der Waals surface area contributed by atoms with Gasteiger partial charge in [0.25, 0.3) is 0 Å². The second kappa shape index (κ2) is 9.99. The molecule has 5 heteroatoms. The summed E-state index contributed by atoms with van der Waals surface area (Å²) in [7, 11) is 1.71. The van der Waals surface area contributed by atoms with Crippen LogP contribution in [-0.2, 0) is 9.59 Å². The SMILES string of the molecule is CNC(=O)C1(C)CCN(C(=O)CC[C@@H](C)[C@H]2CC[C@H]3[C@@H]4CC=C5C[C@@H](O)CC[C@]5(C)[C@H]4CC[C@]23C)CC1. The van der Waals surface area contributed by atoms with E-state index in [-0.39, 0.29) is 23.3 Å². The van der Waals surface area contributed by atoms with E-state index >= 15 is 0 Å². The van der Waals surface area contributed by atoms with Crippen molar-refractivity contribution in [2.75, 3.05) is 20.1 Å². The van der Waals surface area contributed by atoms with Gasteiger partial charge in [-0.1, -0.05) is 39.3 Å². The summed E-state index contributed by atoms with van der Waals surface area (Å²) in [6, 6.07) is 0. The van der Waals surface area contributed by atoms with Crippen LogP contribution in [0.5, 0.6) is 0 Å². The first-order chi connectivity index (χ1) is 17.5. The number of nitrogens with one attached hydrogen (secondary N) is 1. The Kier molecular flexibility index (Phi) is 7.35. The molecule has 208 valence electrons. The average molecular weight is 513 g/mol. The van der Waals surface area contributed by atoms with Crippen LogP contribution in [0.25, 0.3) is 0 Å². The highest BCUT2D eigenvalue weighted by Crippen LogP contribution is 2.67. The fourth-order valence-electron chi connectivity index (χ4n) is 10.1. The lowest BCUT2D eigenvalue weighted by Crippen LogP contribution is -2.50. The number of aliphatic hydroxyl groups is 1. The number of hydrogen-bond acceptors (Lipinski definition) is 3. The Labute approximate surface area is 225 Å². The van der Waals surface area contributed by atoms with Gasteiger partial charge < -0.3 is 15.3 Å². The molecule has 0 aromatic carbocycles. The van der Waals surface area contributed by atoms with Crippen LogP contribution in [0.3, 0.4) is 0 Å². The molecule has 4 aliphatic carbocycles. The summed E-state index contributed by atoms with van der Waals surface area (Å²) < 4.78 is 0. The summed E-state index contributed by atoms with van der Waals surface area (Å²) >= 11 is 0. The number of nitrogens with zero attached hydrogens (tertiary/aromatic N) is 1. The molecule has 5 aliphatic rings. The molecule has 2 amide bonds. The van der Waals surface area contributed by atoms with Gasteiger partial charge in [-0.2, -0.15) is 0 Å². The molecule has 3 saturated carbocycles. The van der Waals surface area contributed by atoms with E-state index in [1.807, 2.05) is 11.8 Å². The number of piperidine rings is 1. The van der Waals surface area contributed by atoms with Gasteiger partial charge in [0.1, 0.15) is 0 Å². The number of hydrogen-bond donors (Lipinski definition) is 2. The molecule has 4 fully saturated rings. The van der Waals surface area contributed by atoms with E-state index in [9.17, 15) is 14.7 Å². The van der Waals surface area contributed by atoms with Crippen molar-refractivity contribution in [1.82, 2.24) is 10.2 Å². The van der Waals surface area contributed by atoms with Crippen LogP contribution in [-0.4, -0.2) is 48.1 Å². The topological polar surface area (TPSA) is 69.6 Å². The predicted molar refractivity (Wildman–Crippen MR) is 148 cm³/mol. The predicted octanol–water partition coefficient (Wildman–Crippen LogP) is 5.72. The molecule has 37 heavy (non-hydrogen) atoms. The maximum atomic E-state index is 13.1. The van der Waals surface area contributed by atoms with E-state index in [1.165, 1.54) is 32.1 Å². The summed E-state index contributed by atoms with van der Waals surface area (Å²) in [5.74, 6) is 4.07. The summed E-state index contributed by atoms with van der Waals surface area (Å²) in [5, 5.41) is 13.1. The molecule has 5 rings (SSSR count). The number of rotatable bonds is 5. The van der Waals surface area contributed by atoms with Gasteiger partial charge in [0.05, 0.1) is 6.10 Å². The van der Waals surface area contributed by atoms with Crippen molar-refractivity contribution >= 4 is 11.8 Å². The number of carbonyl (C=O) groups is 2. The van der Waals surface area contributed by atoms with Crippen LogP contribution in [0.2, 0.25) is 0 Å². The van der Waals surface area contributed by atoms with Gasteiger partial charge in [-0.05, 0) is 111 Å². The third-order valence-corrected chi connectivity index (χ3v) is 12.6. The van der Waals surface area contributed by atoms with Crippen molar-refractivity contribution in [3.63, 3.8) is 0 Å². The highest BCUT2D eigenvalue weighted by molar-refractivity contribution is 5.82. The lowest BCUT2D eigenvalue weighted by molar-refractivity contribution is -0.139. The first-order valence-corrected chi connectivity index (χ1v) is 15.4. The van der Waals surface area contributed by atoms with Crippen molar-refractivity contribution in [2.24, 2.45) is 45.8 Å². The number of likely N-dealkylation sites (tertiary alicyclic amines) is 1. The lowest BCUT2D eigenvalue weighted by atomic mass is 9.47. The normalized spacial score (nSPS) is 41.6. The highest BCUT2D eigenvalue weighted by atomic mass is 16.3. The zero-order valence-corrected chi connectivity index (χ0v) is 24.2. The minimum absolute atomic E-state index is 0.103. The van der Waals surface area contributed by atoms with Gasteiger partial charge in [0, 0.05) is 32.0 Å². The Morgan fingerprint density at radius 2 is 1.78 bits per heavy atom. The van der Waals surface area contributed by atoms with Crippen LogP contribution < -0.4 is 5.32 Å². The second-order valence-electron chi connectivity index (χ2n) is 14.4. The Morgan fingerprint density at radius 1 is 1.05 bits per heavy atom. The van der Waals surface area contributed by atoms with Gasteiger partial charge in [-0.3, -0.25) is 9.59 Å². The van der Waals surface area contributed by atoms with E-state index in [1.54, 1.807) is 12.6 Å². The molecule has 1 aliphatic heterocycles. The number of fused-ring (bicyclic) bond motifs is 5. The quantitative estimate of drug-likeness (QED) is 0.463. The van der Waals surface area contributed by atoms with Gasteiger partial charge in [-0.25, -0.2) is 0 Å². The molecular weight excluding hydrogens is 460 g/mol. The van der Waals surface area contributed by atoms with Crippen LogP contribution in [0.4, 0.5) is 0 Å². The molecule has 1 saturated heterocycles. The largest absolute Gasteiger partial charge is 0.393 e. The maximum Gasteiger partial charge on any atom is 0.225 e. The zero-order valence-electron chi connectivity index (χ0n) is 24.2. The summed E-state index contributed by atoms with van der Waals surface area (Å²) in [5.41, 5.74) is 1.93. The smallest absolute Gasteiger partial charge is 0.225 e. The Hall–Kier alpha value is -1.36. The number of carbonyl (C=O) groups excluding carboxylic acids is 2. The number of allylic oxidation sites excluding steroid dienone is 1. The van der Waals surface area contributed by atoms with E-state index in [4.69, 9.17) is 0 Å². The molecule has 5 nitrogen and oxygen atoms in total. The van der Waals surface area contributed by atoms with Crippen molar-refractivity contribution in [1.29, 1.82) is 0 Å². The van der Waals surface area contributed by atoms with Crippen molar-refractivity contribution in [2.45, 2.75) is 111 Å². The summed E-state index contributed by atoms with van der Waals surface area (Å²) in [6.45, 7) is 11.0. The van der Waals surface area contributed by atoms with Crippen molar-refractivity contribution in [3.05, 3.63) is 11.6 Å². The third-order valence-electron chi connectivity index (χ3n) is 12.6. The lowest BCUT2D eigenvalue weighted by Gasteiger charge is -2.58. The van der Waals surface area contributed by atoms with Gasteiger partial charge in [0.15, 0.2) is 0 Å². The van der Waals surface area contributed by atoms with Gasteiger partial charge in [0.2, 0.25) is 11.8 Å². The third kappa shape index (κ3) is 4.59. The zero-order chi connectivity index (χ0) is 26.6. The minimum Gasteiger partial charge on any atom is -0.393 e. The Bertz CT molecular complexity index is 921. The van der Waals surface area contributed by atoms with Crippen molar-refractivity contribution in [3.8, 4) is 0 Å². The minimum atomic E-state index is -0.339. The summed E-state index contributed by atoms with van der Waals surface area (Å²) in [6.07, 6.45) is 15.1. The molecule has 0 aromatic rings. The number of amides is 2. The molecule has 0 aromatic heterocycles. The van der Waals surface area contributed by atoms with Crippen LogP contribution in [0.1, 0.15) is 105 Å². The van der Waals surface area contributed by atoms with Crippen LogP contribution in [0, 0.1) is 45.8 Å². The first-order valence-electron chi connectivity index (χ1n) is 15.4. The Morgan fingerprint density at radius 3 is 2.49 bits per heavy atom. The summed E-state index contributed by atoms with van der Waals surface area (Å²) in [4.78, 5) is 27.4. The maximum absolute atomic E-state index is 13.1. The van der Waals surface area contributed by atoms with E-state index in [2.05, 4.69) is 32.2 Å². The highest BCUT2D eigenvalue weighted by Gasteiger charge is 2.59.